The molecule has 1 saturated heterocycles. The lowest BCUT2D eigenvalue weighted by Crippen LogP contribution is -2.48. The third-order valence-electron chi connectivity index (χ3n) is 4.51. The Balaban J connectivity index is 1.36. The molecule has 2 aromatic carbocycles. The van der Waals surface area contributed by atoms with Crippen LogP contribution < -0.4 is 4.74 Å². The molecule has 0 aliphatic carbocycles. The highest BCUT2D eigenvalue weighted by Gasteiger charge is 2.19. The van der Waals surface area contributed by atoms with Gasteiger partial charge >= 0.3 is 0 Å². The molecule has 0 amide bonds. The van der Waals surface area contributed by atoms with Gasteiger partial charge in [0.05, 0.1) is 0 Å². The molecule has 0 unspecified atom stereocenters. The highest BCUT2D eigenvalue weighted by atomic mass is 35.5. The van der Waals surface area contributed by atoms with Gasteiger partial charge in [-0.1, -0.05) is 35.3 Å². The van der Waals surface area contributed by atoms with Crippen LogP contribution in [-0.2, 0) is 6.54 Å². The van der Waals surface area contributed by atoms with E-state index >= 15 is 0 Å². The van der Waals surface area contributed by atoms with E-state index < -0.39 is 6.10 Å². The average Bonchev–Trinajstić information content (AvgIpc) is 2.65. The molecular formula is C20H24Cl2N2O2. The van der Waals surface area contributed by atoms with Gasteiger partial charge in [0, 0.05) is 49.3 Å². The second-order valence-corrected chi connectivity index (χ2v) is 7.49. The summed E-state index contributed by atoms with van der Waals surface area (Å²) in [6.07, 6.45) is -0.506. The lowest BCUT2D eigenvalue weighted by molar-refractivity contribution is 0.0446. The van der Waals surface area contributed by atoms with Crippen LogP contribution in [0.3, 0.4) is 0 Å². The minimum Gasteiger partial charge on any atom is -0.491 e. The largest absolute Gasteiger partial charge is 0.491 e. The van der Waals surface area contributed by atoms with Crippen LogP contribution in [0.2, 0.25) is 10.0 Å². The highest BCUT2D eigenvalue weighted by Crippen LogP contribution is 2.16. The van der Waals surface area contributed by atoms with Crippen molar-refractivity contribution in [2.75, 3.05) is 39.3 Å². The summed E-state index contributed by atoms with van der Waals surface area (Å²) in [5.41, 5.74) is 1.28. The molecule has 6 heteroatoms. The predicted molar refractivity (Wildman–Crippen MR) is 106 cm³/mol. The maximum Gasteiger partial charge on any atom is 0.119 e. The van der Waals surface area contributed by atoms with E-state index in [1.54, 1.807) is 12.1 Å². The van der Waals surface area contributed by atoms with Gasteiger partial charge in [0.2, 0.25) is 0 Å². The topological polar surface area (TPSA) is 35.9 Å². The van der Waals surface area contributed by atoms with Crippen molar-refractivity contribution in [1.82, 2.24) is 9.80 Å². The lowest BCUT2D eigenvalue weighted by Gasteiger charge is -2.35. The zero-order valence-corrected chi connectivity index (χ0v) is 16.2. The predicted octanol–water partition coefficient (Wildman–Crippen LogP) is 3.55. The molecule has 0 radical (unpaired) electrons. The Morgan fingerprint density at radius 3 is 2.00 bits per heavy atom. The molecule has 0 saturated carbocycles. The standard InChI is InChI=1S/C20H24Cl2N2O2/c21-17-3-1-16(2-4-17)13-23-9-11-24(12-10-23)14-19(25)15-26-20-7-5-18(22)6-8-20/h1-8,19,25H,9-15H2/t19-/m1/s1. The average molecular weight is 395 g/mol. The van der Waals surface area contributed by atoms with Gasteiger partial charge in [-0.05, 0) is 42.0 Å². The van der Waals surface area contributed by atoms with E-state index in [1.807, 2.05) is 24.3 Å². The fraction of sp³-hybridized carbons (Fsp3) is 0.400. The number of aliphatic hydroxyl groups excluding tert-OH is 1. The van der Waals surface area contributed by atoms with Crippen molar-refractivity contribution in [3.63, 3.8) is 0 Å². The summed E-state index contributed by atoms with van der Waals surface area (Å²) < 4.78 is 5.62. The number of rotatable bonds is 7. The summed E-state index contributed by atoms with van der Waals surface area (Å²) >= 11 is 11.8. The zero-order chi connectivity index (χ0) is 18.4. The number of aliphatic hydroxyl groups is 1. The quantitative estimate of drug-likeness (QED) is 0.778. The SMILES string of the molecule is O[C@@H](COc1ccc(Cl)cc1)CN1CCN(Cc2ccc(Cl)cc2)CC1. The van der Waals surface area contributed by atoms with Crippen molar-refractivity contribution < 1.29 is 9.84 Å². The fourth-order valence-electron chi connectivity index (χ4n) is 3.05. The molecule has 0 spiro atoms. The van der Waals surface area contributed by atoms with Gasteiger partial charge < -0.3 is 9.84 Å². The van der Waals surface area contributed by atoms with Crippen molar-refractivity contribution in [2.24, 2.45) is 0 Å². The molecule has 0 bridgehead atoms. The van der Waals surface area contributed by atoms with Crippen molar-refractivity contribution in [2.45, 2.75) is 12.6 Å². The Hall–Kier alpha value is -1.30. The first-order chi connectivity index (χ1) is 12.6. The van der Waals surface area contributed by atoms with Gasteiger partial charge in [0.15, 0.2) is 0 Å². The minimum absolute atomic E-state index is 0.284. The maximum atomic E-state index is 10.2. The Bertz CT molecular complexity index is 671. The minimum atomic E-state index is -0.506. The monoisotopic (exact) mass is 394 g/mol. The normalized spacial score (nSPS) is 17.2. The van der Waals surface area contributed by atoms with Crippen molar-refractivity contribution >= 4 is 23.2 Å². The molecule has 1 fully saturated rings. The van der Waals surface area contributed by atoms with Gasteiger partial charge in [0.1, 0.15) is 18.5 Å². The van der Waals surface area contributed by atoms with Crippen LogP contribution in [0.4, 0.5) is 0 Å². The number of hydrogen-bond acceptors (Lipinski definition) is 4. The van der Waals surface area contributed by atoms with Gasteiger partial charge in [0.25, 0.3) is 0 Å². The van der Waals surface area contributed by atoms with Crippen LogP contribution in [0, 0.1) is 0 Å². The van der Waals surface area contributed by atoms with E-state index in [4.69, 9.17) is 27.9 Å². The van der Waals surface area contributed by atoms with Crippen LogP contribution in [0.15, 0.2) is 48.5 Å². The van der Waals surface area contributed by atoms with Crippen molar-refractivity contribution in [3.8, 4) is 5.75 Å². The Kier molecular flexibility index (Phi) is 7.17. The number of ether oxygens (including phenoxy) is 1. The summed E-state index contributed by atoms with van der Waals surface area (Å²) in [7, 11) is 0. The Morgan fingerprint density at radius 1 is 0.846 bits per heavy atom. The molecule has 3 rings (SSSR count). The summed E-state index contributed by atoms with van der Waals surface area (Å²) in [6, 6.07) is 15.2. The van der Waals surface area contributed by atoms with Gasteiger partial charge in [-0.25, -0.2) is 0 Å². The molecule has 1 atom stereocenters. The molecule has 4 nitrogen and oxygen atoms in total. The second-order valence-electron chi connectivity index (χ2n) is 6.62. The van der Waals surface area contributed by atoms with Gasteiger partial charge in [-0.15, -0.1) is 0 Å². The summed E-state index contributed by atoms with van der Waals surface area (Å²) in [6.45, 7) is 5.74. The van der Waals surface area contributed by atoms with E-state index in [0.29, 0.717) is 11.6 Å². The first kappa shape index (κ1) is 19.5. The van der Waals surface area contributed by atoms with Crippen molar-refractivity contribution in [1.29, 1.82) is 0 Å². The van der Waals surface area contributed by atoms with E-state index in [0.717, 1.165) is 43.5 Å². The number of β-amino-alcohol motifs (C(OH)–C–C–N with tert-alkyl or cyclic N) is 1. The van der Waals surface area contributed by atoms with Crippen LogP contribution in [0.25, 0.3) is 0 Å². The molecule has 140 valence electrons. The first-order valence-electron chi connectivity index (χ1n) is 8.84. The first-order valence-corrected chi connectivity index (χ1v) is 9.60. The third kappa shape index (κ3) is 6.15. The molecular weight excluding hydrogens is 371 g/mol. The summed E-state index contributed by atoms with van der Waals surface area (Å²) in [5.74, 6) is 0.723. The summed E-state index contributed by atoms with van der Waals surface area (Å²) in [4.78, 5) is 4.71. The second kappa shape index (κ2) is 9.58. The molecule has 1 aliphatic rings. The van der Waals surface area contributed by atoms with Crippen molar-refractivity contribution in [3.05, 3.63) is 64.1 Å². The number of halogens is 2. The summed E-state index contributed by atoms with van der Waals surface area (Å²) in [5, 5.41) is 11.7. The molecule has 0 aromatic heterocycles. The Morgan fingerprint density at radius 2 is 1.38 bits per heavy atom. The molecule has 1 aliphatic heterocycles. The van der Waals surface area contributed by atoms with Gasteiger partial charge in [-0.2, -0.15) is 0 Å². The Labute approximate surface area is 164 Å². The molecule has 1 heterocycles. The van der Waals surface area contributed by atoms with E-state index in [9.17, 15) is 5.11 Å². The van der Waals surface area contributed by atoms with Crippen LogP contribution in [0.5, 0.6) is 5.75 Å². The molecule has 2 aromatic rings. The van der Waals surface area contributed by atoms with Gasteiger partial charge in [-0.3, -0.25) is 9.80 Å². The fourth-order valence-corrected chi connectivity index (χ4v) is 3.30. The zero-order valence-electron chi connectivity index (χ0n) is 14.7. The van der Waals surface area contributed by atoms with E-state index in [2.05, 4.69) is 21.9 Å². The smallest absolute Gasteiger partial charge is 0.119 e. The number of piperazine rings is 1. The van der Waals surface area contributed by atoms with Crippen LogP contribution in [0.1, 0.15) is 5.56 Å². The highest BCUT2D eigenvalue weighted by molar-refractivity contribution is 6.30. The molecule has 26 heavy (non-hydrogen) atoms. The third-order valence-corrected chi connectivity index (χ3v) is 5.01. The number of benzene rings is 2. The lowest BCUT2D eigenvalue weighted by atomic mass is 10.2. The van der Waals surface area contributed by atoms with E-state index in [1.165, 1.54) is 5.56 Å². The maximum absolute atomic E-state index is 10.2. The van der Waals surface area contributed by atoms with E-state index in [-0.39, 0.29) is 6.61 Å². The van der Waals surface area contributed by atoms with Crippen LogP contribution in [-0.4, -0.2) is 60.3 Å². The molecule has 1 N–H and O–H groups in total. The van der Waals surface area contributed by atoms with Crippen LogP contribution >= 0.6 is 23.2 Å². The number of nitrogens with zero attached hydrogens (tertiary/aromatic N) is 2. The number of hydrogen-bond donors (Lipinski definition) is 1.